The first-order valence-electron chi connectivity index (χ1n) is 28.4. The molecule has 390 valence electrons. The van der Waals surface area contributed by atoms with Crippen molar-refractivity contribution in [2.75, 3.05) is 9.80 Å². The van der Waals surface area contributed by atoms with E-state index in [1.807, 2.05) is 0 Å². The molecule has 13 aromatic carbocycles. The summed E-state index contributed by atoms with van der Waals surface area (Å²) in [6, 6.07) is 102. The number of para-hydroxylation sites is 6. The summed E-state index contributed by atoms with van der Waals surface area (Å²) in [6.07, 6.45) is 0. The highest BCUT2D eigenvalue weighted by Crippen LogP contribution is 2.49. The smallest absolute Gasteiger partial charge is 0.0541 e. The number of nitrogens with zero attached hydrogens (tertiary/aromatic N) is 4. The Bertz CT molecular complexity index is 4470. The van der Waals surface area contributed by atoms with Crippen molar-refractivity contribution in [3.8, 4) is 33.6 Å². The van der Waals surface area contributed by atoms with Gasteiger partial charge in [0.15, 0.2) is 0 Å². The fourth-order valence-corrected chi connectivity index (χ4v) is 13.2. The Hall–Kier alpha value is -10.4. The van der Waals surface area contributed by atoms with Crippen molar-refractivity contribution in [1.82, 2.24) is 9.13 Å². The largest absolute Gasteiger partial charge is 0.310 e. The van der Waals surface area contributed by atoms with Gasteiger partial charge in [-0.25, -0.2) is 0 Å². The Balaban J connectivity index is 0.828. The van der Waals surface area contributed by atoms with Gasteiger partial charge in [-0.15, -0.1) is 0 Å². The van der Waals surface area contributed by atoms with E-state index in [4.69, 9.17) is 0 Å². The Morgan fingerprint density at radius 3 is 0.793 bits per heavy atom. The van der Waals surface area contributed by atoms with Gasteiger partial charge < -0.3 is 18.9 Å². The molecule has 0 atom stereocenters. The van der Waals surface area contributed by atoms with Gasteiger partial charge in [0.2, 0.25) is 0 Å². The Morgan fingerprint density at radius 2 is 0.488 bits per heavy atom. The number of hydrogen-bond donors (Lipinski definition) is 0. The van der Waals surface area contributed by atoms with Crippen LogP contribution < -0.4 is 9.80 Å². The van der Waals surface area contributed by atoms with Crippen molar-refractivity contribution < 1.29 is 0 Å². The van der Waals surface area contributed by atoms with Crippen molar-refractivity contribution in [1.29, 1.82) is 0 Å². The molecule has 15 aromatic rings. The summed E-state index contributed by atoms with van der Waals surface area (Å²) in [5, 5.41) is 9.99. The van der Waals surface area contributed by atoms with Gasteiger partial charge in [0.1, 0.15) is 0 Å². The van der Waals surface area contributed by atoms with Gasteiger partial charge in [0, 0.05) is 67.0 Å². The minimum absolute atomic E-state index is 1.10. The number of fused-ring (bicyclic) bond motifs is 8. The normalized spacial score (nSPS) is 11.7. The van der Waals surface area contributed by atoms with E-state index in [0.717, 1.165) is 45.5 Å². The molecule has 0 amide bonds. The van der Waals surface area contributed by atoms with Crippen LogP contribution in [0.5, 0.6) is 0 Å². The summed E-state index contributed by atoms with van der Waals surface area (Å²) >= 11 is 0. The molecule has 0 saturated carbocycles. The van der Waals surface area contributed by atoms with Gasteiger partial charge in [-0.2, -0.15) is 0 Å². The maximum atomic E-state index is 2.43. The highest BCUT2D eigenvalue weighted by atomic mass is 15.2. The second-order valence-corrected chi connectivity index (χ2v) is 21.9. The molecule has 0 N–H and O–H groups in total. The second-order valence-electron chi connectivity index (χ2n) is 21.9. The first-order chi connectivity index (χ1) is 40.4. The van der Waals surface area contributed by atoms with E-state index in [0.29, 0.717) is 0 Å². The van der Waals surface area contributed by atoms with Crippen LogP contribution in [-0.4, -0.2) is 9.13 Å². The third kappa shape index (κ3) is 7.90. The summed E-state index contributed by atoms with van der Waals surface area (Å²) in [7, 11) is 0. The van der Waals surface area contributed by atoms with Crippen molar-refractivity contribution in [3.05, 3.63) is 301 Å². The summed E-state index contributed by atoms with van der Waals surface area (Å²) in [5.41, 5.74) is 23.6. The highest BCUT2D eigenvalue weighted by molar-refractivity contribution is 6.22. The van der Waals surface area contributed by atoms with E-state index in [9.17, 15) is 0 Å². The van der Waals surface area contributed by atoms with E-state index < -0.39 is 0 Å². The monoisotopic (exact) mass is 1050 g/mol. The average molecular weight is 1050 g/mol. The van der Waals surface area contributed by atoms with Gasteiger partial charge in [-0.05, 0) is 215 Å². The third-order valence-corrected chi connectivity index (χ3v) is 17.0. The minimum Gasteiger partial charge on any atom is -0.310 e. The lowest BCUT2D eigenvalue weighted by atomic mass is 9.83. The lowest BCUT2D eigenvalue weighted by Crippen LogP contribution is -2.12. The maximum absolute atomic E-state index is 2.43. The van der Waals surface area contributed by atoms with Crippen LogP contribution in [0.1, 0.15) is 22.3 Å². The van der Waals surface area contributed by atoms with E-state index in [-0.39, 0.29) is 0 Å². The van der Waals surface area contributed by atoms with Crippen molar-refractivity contribution in [3.63, 3.8) is 0 Å². The Morgan fingerprint density at radius 1 is 0.232 bits per heavy atom. The molecule has 82 heavy (non-hydrogen) atoms. The minimum atomic E-state index is 1.10. The Kier molecular flexibility index (Phi) is 11.7. The summed E-state index contributed by atoms with van der Waals surface area (Å²) in [4.78, 5) is 4.83. The first kappa shape index (κ1) is 48.7. The van der Waals surface area contributed by atoms with Crippen molar-refractivity contribution in [2.45, 2.75) is 27.7 Å². The molecule has 0 aliphatic heterocycles. The molecule has 4 heteroatoms. The second kappa shape index (κ2) is 19.7. The average Bonchev–Trinajstić information content (AvgIpc) is 2.98. The van der Waals surface area contributed by atoms with Crippen LogP contribution in [0.25, 0.3) is 98.8 Å². The molecule has 4 nitrogen and oxygen atoms in total. The predicted octanol–water partition coefficient (Wildman–Crippen LogP) is 21.7. The van der Waals surface area contributed by atoms with Crippen LogP contribution in [-0.2, 0) is 0 Å². The SMILES string of the molecule is Cc1cc(N(c2ccccc2)c2ccc(-n3c4ccccc4c4ccccc43)cc2)c(C)cc1-c1c2ccccc2c(-c2cc(C)c(N(c3ccccc3)c3ccc(-n4c5ccccc5c5ccccc54)cc3)cc2C)c2ccccc12. The lowest BCUT2D eigenvalue weighted by Gasteiger charge is -2.29. The number of rotatable bonds is 10. The zero-order valence-corrected chi connectivity index (χ0v) is 46.3. The maximum Gasteiger partial charge on any atom is 0.0541 e. The van der Waals surface area contributed by atoms with Gasteiger partial charge in [0.25, 0.3) is 0 Å². The molecule has 0 spiro atoms. The van der Waals surface area contributed by atoms with Crippen LogP contribution in [0.2, 0.25) is 0 Å². The molecule has 2 aromatic heterocycles. The summed E-state index contributed by atoms with van der Waals surface area (Å²) in [6.45, 7) is 9.11. The van der Waals surface area contributed by atoms with E-state index in [1.165, 1.54) is 110 Å². The molecule has 2 heterocycles. The number of aromatic nitrogens is 2. The van der Waals surface area contributed by atoms with Crippen LogP contribution >= 0.6 is 0 Å². The zero-order valence-electron chi connectivity index (χ0n) is 46.3. The van der Waals surface area contributed by atoms with Crippen LogP contribution in [0.4, 0.5) is 34.1 Å². The molecule has 0 bridgehead atoms. The topological polar surface area (TPSA) is 16.3 Å². The standard InChI is InChI=1S/C78H58N4/c1-51-49-75(79(55-23-7-5-8-24-55)57-39-43-59(44-40-57)81-71-35-19-15-27-61(71)62-28-16-20-36-72(62)81)53(3)47-69(51)77-65-31-11-13-33-67(65)78(68-34-14-12-32-66(68)77)70-48-54(4)76(50-52(70)2)80(56-25-9-6-10-26-56)58-41-45-60(46-42-58)82-73-37-21-17-29-63(73)64-30-18-22-38-74(64)82/h5-50H,1-4H3. The fourth-order valence-electron chi connectivity index (χ4n) is 13.2. The zero-order chi connectivity index (χ0) is 55.0. The van der Waals surface area contributed by atoms with Crippen molar-refractivity contribution >= 4 is 99.3 Å². The van der Waals surface area contributed by atoms with Crippen LogP contribution in [0.3, 0.4) is 0 Å². The summed E-state index contributed by atoms with van der Waals surface area (Å²) < 4.78 is 4.77. The van der Waals surface area contributed by atoms with Gasteiger partial charge >= 0.3 is 0 Å². The van der Waals surface area contributed by atoms with E-state index >= 15 is 0 Å². The third-order valence-electron chi connectivity index (χ3n) is 17.0. The molecule has 0 aliphatic carbocycles. The molecule has 0 unspecified atom stereocenters. The van der Waals surface area contributed by atoms with Gasteiger partial charge in [-0.3, -0.25) is 0 Å². The number of aryl methyl sites for hydroxylation is 4. The van der Waals surface area contributed by atoms with Crippen molar-refractivity contribution in [2.24, 2.45) is 0 Å². The number of anilines is 6. The van der Waals surface area contributed by atoms with Crippen LogP contribution in [0, 0.1) is 27.7 Å². The summed E-state index contributed by atoms with van der Waals surface area (Å²) in [5.74, 6) is 0. The molecular weight excluding hydrogens is 993 g/mol. The van der Waals surface area contributed by atoms with E-state index in [2.05, 4.69) is 326 Å². The Labute approximate surface area is 478 Å². The lowest BCUT2D eigenvalue weighted by molar-refractivity contribution is 1.17. The fraction of sp³-hybridized carbons (Fsp3) is 0.0513. The molecular formula is C78H58N4. The van der Waals surface area contributed by atoms with E-state index in [1.54, 1.807) is 0 Å². The molecule has 0 fully saturated rings. The number of benzene rings is 13. The van der Waals surface area contributed by atoms with Gasteiger partial charge in [-0.1, -0.05) is 158 Å². The highest BCUT2D eigenvalue weighted by Gasteiger charge is 2.24. The predicted molar refractivity (Wildman–Crippen MR) is 349 cm³/mol. The molecule has 15 rings (SSSR count). The molecule has 0 saturated heterocycles. The molecule has 0 aliphatic rings. The van der Waals surface area contributed by atoms with Gasteiger partial charge in [0.05, 0.1) is 22.1 Å². The van der Waals surface area contributed by atoms with Crippen LogP contribution in [0.15, 0.2) is 279 Å². The number of hydrogen-bond acceptors (Lipinski definition) is 2. The first-order valence-corrected chi connectivity index (χ1v) is 28.4. The molecule has 0 radical (unpaired) electrons. The quantitative estimate of drug-likeness (QED) is 0.127.